The minimum atomic E-state index is -0.108. The van der Waals surface area contributed by atoms with Crippen molar-refractivity contribution in [2.24, 2.45) is 0 Å². The van der Waals surface area contributed by atoms with Crippen LogP contribution in [0.3, 0.4) is 0 Å². The summed E-state index contributed by atoms with van der Waals surface area (Å²) < 4.78 is 11.4. The van der Waals surface area contributed by atoms with Gasteiger partial charge in [-0.25, -0.2) is 0 Å². The zero-order chi connectivity index (χ0) is 13.7. The van der Waals surface area contributed by atoms with Crippen molar-refractivity contribution < 1.29 is 14.6 Å². The standard InChI is InChI=1S/C14H22N2O3/c1-3-16-6-7-18-12(8-16)10-19-14-5-4-11(2)15-13(14)9-17/h4-5,12,17H,3,6-10H2,1-2H3. The predicted molar refractivity (Wildman–Crippen MR) is 72.2 cm³/mol. The van der Waals surface area contributed by atoms with Gasteiger partial charge in [-0.15, -0.1) is 0 Å². The van der Waals surface area contributed by atoms with Crippen molar-refractivity contribution in [3.05, 3.63) is 23.5 Å². The lowest BCUT2D eigenvalue weighted by Crippen LogP contribution is -2.44. The van der Waals surface area contributed by atoms with Crippen LogP contribution in [0.4, 0.5) is 0 Å². The number of morpholine rings is 1. The van der Waals surface area contributed by atoms with Crippen molar-refractivity contribution in [1.29, 1.82) is 0 Å². The van der Waals surface area contributed by atoms with Gasteiger partial charge in [0.05, 0.1) is 13.2 Å². The molecule has 1 aromatic rings. The van der Waals surface area contributed by atoms with Gasteiger partial charge < -0.3 is 14.6 Å². The maximum Gasteiger partial charge on any atom is 0.143 e. The Kier molecular flexibility index (Phi) is 5.13. The zero-order valence-corrected chi connectivity index (χ0v) is 11.6. The average Bonchev–Trinajstić information content (AvgIpc) is 2.46. The summed E-state index contributed by atoms with van der Waals surface area (Å²) in [5, 5.41) is 9.28. The zero-order valence-electron chi connectivity index (χ0n) is 11.6. The van der Waals surface area contributed by atoms with E-state index in [4.69, 9.17) is 9.47 Å². The van der Waals surface area contributed by atoms with E-state index in [1.54, 1.807) is 0 Å². The van der Waals surface area contributed by atoms with Crippen LogP contribution in [0.2, 0.25) is 0 Å². The normalized spacial score (nSPS) is 20.5. The second-order valence-corrected chi connectivity index (χ2v) is 4.75. The molecular weight excluding hydrogens is 244 g/mol. The van der Waals surface area contributed by atoms with Gasteiger partial charge in [0, 0.05) is 18.8 Å². The highest BCUT2D eigenvalue weighted by molar-refractivity contribution is 5.28. The van der Waals surface area contributed by atoms with Crippen LogP contribution in [0.1, 0.15) is 18.3 Å². The lowest BCUT2D eigenvalue weighted by molar-refractivity contribution is -0.0467. The van der Waals surface area contributed by atoms with Crippen molar-refractivity contribution in [1.82, 2.24) is 9.88 Å². The maximum atomic E-state index is 9.28. The number of rotatable bonds is 5. The third kappa shape index (κ3) is 3.89. The molecule has 0 spiro atoms. The first-order valence-electron chi connectivity index (χ1n) is 6.77. The van der Waals surface area contributed by atoms with Crippen molar-refractivity contribution in [3.8, 4) is 5.75 Å². The van der Waals surface area contributed by atoms with E-state index in [-0.39, 0.29) is 12.7 Å². The fraction of sp³-hybridized carbons (Fsp3) is 0.643. The number of aryl methyl sites for hydroxylation is 1. The smallest absolute Gasteiger partial charge is 0.143 e. The van der Waals surface area contributed by atoms with Gasteiger partial charge in [-0.3, -0.25) is 9.88 Å². The molecular formula is C14H22N2O3. The molecule has 1 fully saturated rings. The van der Waals surface area contributed by atoms with Crippen molar-refractivity contribution >= 4 is 0 Å². The molecule has 1 aliphatic rings. The number of aliphatic hydroxyl groups excluding tert-OH is 1. The number of aromatic nitrogens is 1. The van der Waals surface area contributed by atoms with Gasteiger partial charge >= 0.3 is 0 Å². The molecule has 1 aromatic heterocycles. The minimum Gasteiger partial charge on any atom is -0.489 e. The van der Waals surface area contributed by atoms with Crippen molar-refractivity contribution in [2.75, 3.05) is 32.8 Å². The highest BCUT2D eigenvalue weighted by Crippen LogP contribution is 2.18. The summed E-state index contributed by atoms with van der Waals surface area (Å²) in [4.78, 5) is 6.61. The lowest BCUT2D eigenvalue weighted by Gasteiger charge is -2.31. The number of nitrogens with zero attached hydrogens (tertiary/aromatic N) is 2. The Morgan fingerprint density at radius 2 is 2.37 bits per heavy atom. The molecule has 0 amide bonds. The van der Waals surface area contributed by atoms with Crippen LogP contribution in [0.5, 0.6) is 5.75 Å². The van der Waals surface area contributed by atoms with Gasteiger partial charge in [-0.1, -0.05) is 6.92 Å². The molecule has 19 heavy (non-hydrogen) atoms. The third-order valence-electron chi connectivity index (χ3n) is 3.32. The Labute approximate surface area is 114 Å². The first-order chi connectivity index (χ1) is 9.22. The van der Waals surface area contributed by atoms with Crippen molar-refractivity contribution in [3.63, 3.8) is 0 Å². The largest absolute Gasteiger partial charge is 0.489 e. The van der Waals surface area contributed by atoms with E-state index in [2.05, 4.69) is 16.8 Å². The first-order valence-corrected chi connectivity index (χ1v) is 6.77. The van der Waals surface area contributed by atoms with Crippen LogP contribution in [-0.2, 0) is 11.3 Å². The van der Waals surface area contributed by atoms with Crippen LogP contribution in [0, 0.1) is 6.92 Å². The Hall–Kier alpha value is -1.17. The summed E-state index contributed by atoms with van der Waals surface area (Å²) in [7, 11) is 0. The molecule has 2 heterocycles. The van der Waals surface area contributed by atoms with Gasteiger partial charge in [-0.05, 0) is 25.6 Å². The molecule has 0 aromatic carbocycles. The van der Waals surface area contributed by atoms with Crippen LogP contribution in [0.25, 0.3) is 0 Å². The Morgan fingerprint density at radius 3 is 3.11 bits per heavy atom. The molecule has 1 saturated heterocycles. The van der Waals surface area contributed by atoms with Gasteiger partial charge in [-0.2, -0.15) is 0 Å². The highest BCUT2D eigenvalue weighted by Gasteiger charge is 2.20. The number of aliphatic hydroxyl groups is 1. The minimum absolute atomic E-state index is 0.0848. The van der Waals surface area contributed by atoms with Crippen LogP contribution < -0.4 is 4.74 Å². The Bertz CT molecular complexity index is 412. The van der Waals surface area contributed by atoms with Gasteiger partial charge in [0.1, 0.15) is 24.2 Å². The van der Waals surface area contributed by atoms with Gasteiger partial charge in [0.15, 0.2) is 0 Å². The molecule has 1 unspecified atom stereocenters. The van der Waals surface area contributed by atoms with E-state index < -0.39 is 0 Å². The summed E-state index contributed by atoms with van der Waals surface area (Å²) in [6, 6.07) is 3.74. The predicted octanol–water partition coefficient (Wildman–Crippen LogP) is 0.982. The molecule has 0 bridgehead atoms. The van der Waals surface area contributed by atoms with E-state index in [1.165, 1.54) is 0 Å². The molecule has 0 aliphatic carbocycles. The first kappa shape index (κ1) is 14.2. The molecule has 5 nitrogen and oxygen atoms in total. The van der Waals surface area contributed by atoms with Gasteiger partial charge in [0.2, 0.25) is 0 Å². The van der Waals surface area contributed by atoms with Crippen LogP contribution >= 0.6 is 0 Å². The average molecular weight is 266 g/mol. The number of ether oxygens (including phenoxy) is 2. The molecule has 0 saturated carbocycles. The lowest BCUT2D eigenvalue weighted by atomic mass is 10.2. The quantitative estimate of drug-likeness (QED) is 0.861. The summed E-state index contributed by atoms with van der Waals surface area (Å²) in [5.41, 5.74) is 1.46. The van der Waals surface area contributed by atoms with E-state index >= 15 is 0 Å². The molecule has 1 atom stereocenters. The molecule has 1 N–H and O–H groups in total. The second-order valence-electron chi connectivity index (χ2n) is 4.75. The highest BCUT2D eigenvalue weighted by atomic mass is 16.5. The SMILES string of the molecule is CCN1CCOC(COc2ccc(C)nc2CO)C1. The van der Waals surface area contributed by atoms with E-state index in [1.807, 2.05) is 19.1 Å². The number of pyridine rings is 1. The van der Waals surface area contributed by atoms with Crippen molar-refractivity contribution in [2.45, 2.75) is 26.6 Å². The Balaban J connectivity index is 1.91. The number of likely N-dealkylation sites (N-methyl/N-ethyl adjacent to an activating group) is 1. The summed E-state index contributed by atoms with van der Waals surface area (Å²) in [6.07, 6.45) is 0.0848. The van der Waals surface area contributed by atoms with E-state index in [9.17, 15) is 5.11 Å². The topological polar surface area (TPSA) is 54.8 Å². The molecule has 5 heteroatoms. The Morgan fingerprint density at radius 1 is 1.53 bits per heavy atom. The van der Waals surface area contributed by atoms with Crippen LogP contribution in [-0.4, -0.2) is 53.9 Å². The molecule has 2 rings (SSSR count). The molecule has 106 valence electrons. The third-order valence-corrected chi connectivity index (χ3v) is 3.32. The summed E-state index contributed by atoms with van der Waals surface area (Å²) in [6.45, 7) is 8.10. The molecule has 1 aliphatic heterocycles. The number of hydrogen-bond donors (Lipinski definition) is 1. The summed E-state index contributed by atoms with van der Waals surface area (Å²) in [5.74, 6) is 0.644. The van der Waals surface area contributed by atoms with E-state index in [0.29, 0.717) is 18.1 Å². The number of hydrogen-bond acceptors (Lipinski definition) is 5. The monoisotopic (exact) mass is 266 g/mol. The van der Waals surface area contributed by atoms with Crippen LogP contribution in [0.15, 0.2) is 12.1 Å². The maximum absolute atomic E-state index is 9.28. The molecule has 0 radical (unpaired) electrons. The summed E-state index contributed by atoms with van der Waals surface area (Å²) >= 11 is 0. The fourth-order valence-electron chi connectivity index (χ4n) is 2.19. The van der Waals surface area contributed by atoms with Gasteiger partial charge in [0.25, 0.3) is 0 Å². The van der Waals surface area contributed by atoms with E-state index in [0.717, 1.165) is 31.9 Å². The second kappa shape index (κ2) is 6.84. The fourth-order valence-corrected chi connectivity index (χ4v) is 2.19.